The van der Waals surface area contributed by atoms with E-state index in [-0.39, 0.29) is 11.1 Å². The van der Waals surface area contributed by atoms with Crippen LogP contribution in [0, 0.1) is 0 Å². The fourth-order valence-corrected chi connectivity index (χ4v) is 2.47. The number of amides is 1. The van der Waals surface area contributed by atoms with Gasteiger partial charge < -0.3 is 21.1 Å². The second-order valence-corrected chi connectivity index (χ2v) is 5.48. The lowest BCUT2D eigenvalue weighted by atomic mass is 9.72. The number of carboxylic acids is 1. The van der Waals surface area contributed by atoms with Crippen LogP contribution in [0.1, 0.15) is 20.7 Å². The summed E-state index contributed by atoms with van der Waals surface area (Å²) in [6.07, 6.45) is 0. The van der Waals surface area contributed by atoms with Gasteiger partial charge in [0.2, 0.25) is 11.6 Å². The van der Waals surface area contributed by atoms with Crippen LogP contribution in [0.15, 0.2) is 60.7 Å². The molecule has 0 saturated heterocycles. The highest BCUT2D eigenvalue weighted by atomic mass is 16.4. The van der Waals surface area contributed by atoms with Crippen molar-refractivity contribution in [1.82, 2.24) is 0 Å². The number of Topliss-reactive ketones (excluding diaryl/α,β-unsaturated/α-hetero) is 2. The third-order valence-electron chi connectivity index (χ3n) is 3.92. The highest BCUT2D eigenvalue weighted by Crippen LogP contribution is 2.31. The first-order valence-corrected chi connectivity index (χ1v) is 7.35. The van der Waals surface area contributed by atoms with E-state index in [1.165, 1.54) is 48.5 Å². The zero-order valence-electron chi connectivity index (χ0n) is 13.3. The largest absolute Gasteiger partial charge is 0.479 e. The van der Waals surface area contributed by atoms with E-state index in [2.05, 4.69) is 0 Å². The number of aliphatic carboxylic acids is 1. The molecule has 0 aromatic heterocycles. The molecule has 0 radical (unpaired) electrons. The van der Waals surface area contributed by atoms with Gasteiger partial charge in [-0.15, -0.1) is 0 Å². The minimum Gasteiger partial charge on any atom is -0.479 e. The number of hydrogen-bond donors (Lipinski definition) is 4. The van der Waals surface area contributed by atoms with Gasteiger partial charge in [0.25, 0.3) is 17.1 Å². The molecule has 0 fully saturated rings. The zero-order chi connectivity index (χ0) is 19.5. The molecule has 2 aromatic rings. The number of carbonyl (C=O) groups is 4. The summed E-state index contributed by atoms with van der Waals surface area (Å²) in [4.78, 5) is 48.9. The van der Waals surface area contributed by atoms with E-state index in [0.29, 0.717) is 0 Å². The molecule has 5 N–H and O–H groups in total. The average Bonchev–Trinajstić information content (AvgIpc) is 2.66. The van der Waals surface area contributed by atoms with E-state index in [0.717, 1.165) is 12.1 Å². The predicted octanol–water partition coefficient (Wildman–Crippen LogP) is -0.216. The van der Waals surface area contributed by atoms with Gasteiger partial charge in [-0.25, -0.2) is 4.79 Å². The van der Waals surface area contributed by atoms with Gasteiger partial charge >= 0.3 is 5.97 Å². The second-order valence-electron chi connectivity index (χ2n) is 5.48. The molecule has 0 aliphatic heterocycles. The first kappa shape index (κ1) is 19.0. The second kappa shape index (κ2) is 6.87. The van der Waals surface area contributed by atoms with Crippen LogP contribution in [-0.4, -0.2) is 50.0 Å². The summed E-state index contributed by atoms with van der Waals surface area (Å²) in [6.45, 7) is 0. The van der Waals surface area contributed by atoms with Crippen LogP contribution in [0.4, 0.5) is 0 Å². The highest BCUT2D eigenvalue weighted by Gasteiger charge is 2.68. The van der Waals surface area contributed by atoms with Crippen molar-refractivity contribution >= 4 is 23.4 Å². The van der Waals surface area contributed by atoms with Crippen molar-refractivity contribution in [1.29, 1.82) is 0 Å². The van der Waals surface area contributed by atoms with E-state index in [9.17, 15) is 34.5 Å². The van der Waals surface area contributed by atoms with Crippen LogP contribution in [-0.2, 0) is 9.59 Å². The highest BCUT2D eigenvalue weighted by molar-refractivity contribution is 6.29. The molecule has 0 saturated carbocycles. The van der Waals surface area contributed by atoms with Gasteiger partial charge in [0.05, 0.1) is 0 Å². The molecule has 0 aliphatic carbocycles. The fourth-order valence-electron chi connectivity index (χ4n) is 2.47. The minimum absolute atomic E-state index is 0.311. The maximum absolute atomic E-state index is 12.7. The number of aliphatic hydroxyl groups is 2. The van der Waals surface area contributed by atoms with Crippen molar-refractivity contribution in [2.75, 3.05) is 0 Å². The number of ketones is 2. The normalized spacial score (nSPS) is 15.3. The molecule has 2 unspecified atom stereocenters. The summed E-state index contributed by atoms with van der Waals surface area (Å²) in [5, 5.41) is 30.7. The quantitative estimate of drug-likeness (QED) is 0.394. The van der Waals surface area contributed by atoms with Crippen molar-refractivity contribution in [3.8, 4) is 0 Å². The molecule has 0 spiro atoms. The number of carboxylic acid groups (broad SMARTS) is 1. The Morgan fingerprint density at radius 3 is 1.35 bits per heavy atom. The summed E-state index contributed by atoms with van der Waals surface area (Å²) in [6, 6.07) is 13.2. The molecule has 0 aliphatic rings. The van der Waals surface area contributed by atoms with E-state index >= 15 is 0 Å². The van der Waals surface area contributed by atoms with Crippen molar-refractivity contribution in [2.24, 2.45) is 5.73 Å². The van der Waals surface area contributed by atoms with Crippen molar-refractivity contribution in [2.45, 2.75) is 11.2 Å². The molecule has 8 nitrogen and oxygen atoms in total. The summed E-state index contributed by atoms with van der Waals surface area (Å²) >= 11 is 0. The smallest absolute Gasteiger partial charge is 0.348 e. The SMILES string of the molecule is NC(=O)C(O)(C(=O)c1ccccc1)C(O)(C(=O)O)C(=O)c1ccccc1. The number of carbonyl (C=O) groups excluding carboxylic acids is 3. The lowest BCUT2D eigenvalue weighted by molar-refractivity contribution is -0.177. The molecule has 0 heterocycles. The van der Waals surface area contributed by atoms with E-state index in [1.807, 2.05) is 0 Å². The van der Waals surface area contributed by atoms with Gasteiger partial charge in [0.1, 0.15) is 0 Å². The Morgan fingerprint density at radius 1 is 0.692 bits per heavy atom. The molecule has 0 bridgehead atoms. The topological polar surface area (TPSA) is 155 Å². The summed E-state index contributed by atoms with van der Waals surface area (Å²) in [7, 11) is 0. The van der Waals surface area contributed by atoms with Crippen LogP contribution < -0.4 is 5.73 Å². The third-order valence-corrected chi connectivity index (χ3v) is 3.92. The Hall–Kier alpha value is -3.36. The first-order chi connectivity index (χ1) is 12.2. The summed E-state index contributed by atoms with van der Waals surface area (Å²) in [5.74, 6) is -7.24. The van der Waals surface area contributed by atoms with Crippen LogP contribution in [0.3, 0.4) is 0 Å². The molecule has 8 heteroatoms. The van der Waals surface area contributed by atoms with Gasteiger partial charge in [-0.05, 0) is 0 Å². The molecule has 134 valence electrons. The molecular weight excluding hydrogens is 342 g/mol. The number of rotatable bonds is 7. The first-order valence-electron chi connectivity index (χ1n) is 7.35. The molecule has 2 rings (SSSR count). The average molecular weight is 357 g/mol. The van der Waals surface area contributed by atoms with Gasteiger partial charge in [0.15, 0.2) is 0 Å². The Kier molecular flexibility index (Phi) is 5.01. The molecule has 2 aromatic carbocycles. The molecule has 2 atom stereocenters. The number of nitrogens with two attached hydrogens (primary N) is 1. The van der Waals surface area contributed by atoms with Gasteiger partial charge in [0, 0.05) is 11.1 Å². The van der Waals surface area contributed by atoms with Gasteiger partial charge in [-0.2, -0.15) is 0 Å². The van der Waals surface area contributed by atoms with E-state index < -0.39 is 34.6 Å². The van der Waals surface area contributed by atoms with Crippen LogP contribution in [0.2, 0.25) is 0 Å². The lowest BCUT2D eigenvalue weighted by Gasteiger charge is -2.35. The number of hydrogen-bond acceptors (Lipinski definition) is 6. The molecule has 1 amide bonds. The van der Waals surface area contributed by atoms with Crippen molar-refractivity contribution in [3.05, 3.63) is 71.8 Å². The maximum Gasteiger partial charge on any atom is 0.348 e. The Labute approximate surface area is 147 Å². The third kappa shape index (κ3) is 2.77. The lowest BCUT2D eigenvalue weighted by Crippen LogP contribution is -2.73. The zero-order valence-corrected chi connectivity index (χ0v) is 13.3. The van der Waals surface area contributed by atoms with Crippen LogP contribution in [0.5, 0.6) is 0 Å². The monoisotopic (exact) mass is 357 g/mol. The Balaban J connectivity index is 2.71. The van der Waals surface area contributed by atoms with Gasteiger partial charge in [-0.1, -0.05) is 60.7 Å². The summed E-state index contributed by atoms with van der Waals surface area (Å²) < 4.78 is 0. The predicted molar refractivity (Wildman–Crippen MR) is 88.3 cm³/mol. The van der Waals surface area contributed by atoms with Crippen molar-refractivity contribution < 1.29 is 34.5 Å². The van der Waals surface area contributed by atoms with Crippen LogP contribution in [0.25, 0.3) is 0 Å². The Bertz CT molecular complexity index is 792. The summed E-state index contributed by atoms with van der Waals surface area (Å²) in [5.41, 5.74) is -3.14. The Morgan fingerprint density at radius 2 is 1.04 bits per heavy atom. The van der Waals surface area contributed by atoms with Gasteiger partial charge in [-0.3, -0.25) is 14.4 Å². The fraction of sp³-hybridized carbons (Fsp3) is 0.111. The van der Waals surface area contributed by atoms with Crippen molar-refractivity contribution in [3.63, 3.8) is 0 Å². The minimum atomic E-state index is -3.83. The molecule has 26 heavy (non-hydrogen) atoms. The molecular formula is C18H15NO7. The number of primary amides is 1. The van der Waals surface area contributed by atoms with E-state index in [1.54, 1.807) is 0 Å². The number of benzene rings is 2. The van der Waals surface area contributed by atoms with E-state index in [4.69, 9.17) is 5.73 Å². The van der Waals surface area contributed by atoms with Crippen LogP contribution >= 0.6 is 0 Å². The maximum atomic E-state index is 12.7. The standard InChI is InChI=1S/C18H15NO7/c19-15(22)17(25,13(20)11-7-3-1-4-8-11)18(26,16(23)24)14(21)12-9-5-2-6-10-12/h1-10,25-26H,(H2,19,22)(H,23,24).